The number of hydrogen-bond donors (Lipinski definition) is 1. The van der Waals surface area contributed by atoms with Gasteiger partial charge in [0.05, 0.1) is 0 Å². The molecule has 0 aliphatic carbocycles. The molecule has 94 valence electrons. The Bertz CT molecular complexity index is 228. The van der Waals surface area contributed by atoms with E-state index in [1.807, 2.05) is 18.7 Å². The average molecular weight is 226 g/mol. The molecule has 0 saturated carbocycles. The summed E-state index contributed by atoms with van der Waals surface area (Å²) in [4.78, 5) is 13.8. The maximum absolute atomic E-state index is 11.8. The molecule has 0 bridgehead atoms. The third-order valence-corrected chi connectivity index (χ3v) is 3.24. The van der Waals surface area contributed by atoms with Gasteiger partial charge in [-0.2, -0.15) is 0 Å². The van der Waals surface area contributed by atoms with Crippen molar-refractivity contribution in [3.63, 3.8) is 0 Å². The molecule has 1 aliphatic rings. The van der Waals surface area contributed by atoms with E-state index in [-0.39, 0.29) is 5.92 Å². The normalized spacial score (nSPS) is 22.8. The number of rotatable bonds is 5. The topological polar surface area (TPSA) is 32.3 Å². The smallest absolute Gasteiger partial charge is 0.225 e. The van der Waals surface area contributed by atoms with Crippen LogP contribution in [0.2, 0.25) is 0 Å². The van der Waals surface area contributed by atoms with Crippen molar-refractivity contribution in [2.24, 2.45) is 5.92 Å². The van der Waals surface area contributed by atoms with Gasteiger partial charge in [-0.1, -0.05) is 27.2 Å². The van der Waals surface area contributed by atoms with E-state index in [1.54, 1.807) is 0 Å². The minimum atomic E-state index is 0.131. The third-order valence-electron chi connectivity index (χ3n) is 3.24. The van der Waals surface area contributed by atoms with Crippen LogP contribution in [0.5, 0.6) is 0 Å². The summed E-state index contributed by atoms with van der Waals surface area (Å²) in [7, 11) is 0. The number of nitrogens with one attached hydrogen (secondary N) is 1. The summed E-state index contributed by atoms with van der Waals surface area (Å²) in [6.45, 7) is 10.2. The minimum absolute atomic E-state index is 0.131. The molecular weight excluding hydrogens is 200 g/mol. The molecule has 3 heteroatoms. The molecule has 1 heterocycles. The zero-order valence-electron chi connectivity index (χ0n) is 11.1. The van der Waals surface area contributed by atoms with Gasteiger partial charge < -0.3 is 10.2 Å². The molecule has 1 aliphatic heterocycles. The molecule has 3 nitrogen and oxygen atoms in total. The number of carbonyl (C=O) groups is 1. The lowest BCUT2D eigenvalue weighted by Crippen LogP contribution is -2.40. The second-order valence-corrected chi connectivity index (χ2v) is 5.28. The number of hydrogen-bond acceptors (Lipinski definition) is 2. The summed E-state index contributed by atoms with van der Waals surface area (Å²) in [5.41, 5.74) is 0. The molecule has 0 radical (unpaired) electrons. The lowest BCUT2D eigenvalue weighted by atomic mass is 10.1. The van der Waals surface area contributed by atoms with Gasteiger partial charge in [-0.25, -0.2) is 0 Å². The van der Waals surface area contributed by atoms with Crippen LogP contribution in [0.25, 0.3) is 0 Å². The Morgan fingerprint density at radius 2 is 2.12 bits per heavy atom. The summed E-state index contributed by atoms with van der Waals surface area (Å²) in [6.07, 6.45) is 3.54. The van der Waals surface area contributed by atoms with E-state index in [0.29, 0.717) is 18.0 Å². The first-order valence-corrected chi connectivity index (χ1v) is 6.59. The first-order valence-electron chi connectivity index (χ1n) is 6.59. The van der Waals surface area contributed by atoms with E-state index >= 15 is 0 Å². The van der Waals surface area contributed by atoms with Gasteiger partial charge in [-0.3, -0.25) is 4.79 Å². The molecule has 1 N–H and O–H groups in total. The summed E-state index contributed by atoms with van der Waals surface area (Å²) >= 11 is 0. The van der Waals surface area contributed by atoms with Crippen LogP contribution in [0.15, 0.2) is 0 Å². The largest absolute Gasteiger partial charge is 0.341 e. The quantitative estimate of drug-likeness (QED) is 0.778. The highest BCUT2D eigenvalue weighted by molar-refractivity contribution is 5.78. The van der Waals surface area contributed by atoms with Crippen molar-refractivity contribution in [3.8, 4) is 0 Å². The van der Waals surface area contributed by atoms with Crippen LogP contribution in [-0.4, -0.2) is 36.0 Å². The van der Waals surface area contributed by atoms with E-state index in [4.69, 9.17) is 0 Å². The van der Waals surface area contributed by atoms with Crippen molar-refractivity contribution in [2.45, 2.75) is 59.0 Å². The fourth-order valence-electron chi connectivity index (χ4n) is 2.38. The number of carbonyl (C=O) groups excluding carboxylic acids is 1. The highest BCUT2D eigenvalue weighted by Gasteiger charge is 2.27. The van der Waals surface area contributed by atoms with Crippen molar-refractivity contribution in [3.05, 3.63) is 0 Å². The van der Waals surface area contributed by atoms with Crippen LogP contribution in [-0.2, 0) is 4.79 Å². The van der Waals surface area contributed by atoms with Crippen molar-refractivity contribution < 1.29 is 4.79 Å². The molecule has 16 heavy (non-hydrogen) atoms. The van der Waals surface area contributed by atoms with Gasteiger partial charge in [0.2, 0.25) is 5.91 Å². The van der Waals surface area contributed by atoms with E-state index < -0.39 is 0 Å². The van der Waals surface area contributed by atoms with E-state index in [0.717, 1.165) is 19.5 Å². The van der Waals surface area contributed by atoms with Crippen molar-refractivity contribution in [2.75, 3.05) is 13.1 Å². The van der Waals surface area contributed by atoms with Crippen LogP contribution in [0.4, 0.5) is 0 Å². The molecule has 0 aromatic carbocycles. The predicted octanol–water partition coefficient (Wildman–Crippen LogP) is 2.02. The maximum atomic E-state index is 11.8. The Labute approximate surface area is 99.6 Å². The molecule has 1 fully saturated rings. The fraction of sp³-hybridized carbons (Fsp3) is 0.923. The number of likely N-dealkylation sites (tertiary alicyclic amines) is 1. The predicted molar refractivity (Wildman–Crippen MR) is 67.3 cm³/mol. The Morgan fingerprint density at radius 3 is 2.69 bits per heavy atom. The van der Waals surface area contributed by atoms with Gasteiger partial charge >= 0.3 is 0 Å². The van der Waals surface area contributed by atoms with Crippen LogP contribution in [0, 0.1) is 5.92 Å². The maximum Gasteiger partial charge on any atom is 0.225 e. The minimum Gasteiger partial charge on any atom is -0.341 e. The van der Waals surface area contributed by atoms with Crippen LogP contribution < -0.4 is 5.32 Å². The Hall–Kier alpha value is -0.570. The number of amides is 1. The second-order valence-electron chi connectivity index (χ2n) is 5.28. The molecule has 1 rings (SSSR count). The van der Waals surface area contributed by atoms with Crippen LogP contribution in [0.3, 0.4) is 0 Å². The van der Waals surface area contributed by atoms with Gasteiger partial charge in [0.1, 0.15) is 0 Å². The molecule has 0 aromatic heterocycles. The molecule has 0 spiro atoms. The van der Waals surface area contributed by atoms with Crippen LogP contribution >= 0.6 is 0 Å². The third kappa shape index (κ3) is 3.78. The van der Waals surface area contributed by atoms with Crippen molar-refractivity contribution >= 4 is 5.91 Å². The molecule has 1 amide bonds. The molecular formula is C13H26N2O. The van der Waals surface area contributed by atoms with Crippen molar-refractivity contribution in [1.29, 1.82) is 0 Å². The lowest BCUT2D eigenvalue weighted by Gasteiger charge is -2.21. The van der Waals surface area contributed by atoms with Gasteiger partial charge in [-0.15, -0.1) is 0 Å². The highest BCUT2D eigenvalue weighted by atomic mass is 16.2. The van der Waals surface area contributed by atoms with E-state index in [2.05, 4.69) is 19.2 Å². The van der Waals surface area contributed by atoms with E-state index in [1.165, 1.54) is 12.8 Å². The number of nitrogens with zero attached hydrogens (tertiary/aromatic N) is 1. The molecule has 2 unspecified atom stereocenters. The van der Waals surface area contributed by atoms with Gasteiger partial charge in [-0.05, 0) is 19.8 Å². The Kier molecular flexibility index (Phi) is 5.26. The monoisotopic (exact) mass is 226 g/mol. The Balaban J connectivity index is 2.32. The SMILES string of the molecule is CCCC(C)NC1CCN(C(=O)C(C)C)C1. The zero-order chi connectivity index (χ0) is 12.1. The first kappa shape index (κ1) is 13.5. The second kappa shape index (κ2) is 6.24. The summed E-state index contributed by atoms with van der Waals surface area (Å²) in [6, 6.07) is 1.08. The molecule has 2 atom stereocenters. The van der Waals surface area contributed by atoms with Gasteiger partial charge in [0, 0.05) is 31.1 Å². The Morgan fingerprint density at radius 1 is 1.44 bits per heavy atom. The van der Waals surface area contributed by atoms with Crippen LogP contribution in [0.1, 0.15) is 47.0 Å². The van der Waals surface area contributed by atoms with Crippen molar-refractivity contribution in [1.82, 2.24) is 10.2 Å². The van der Waals surface area contributed by atoms with Gasteiger partial charge in [0.15, 0.2) is 0 Å². The summed E-state index contributed by atoms with van der Waals surface area (Å²) in [5, 5.41) is 3.61. The fourth-order valence-corrected chi connectivity index (χ4v) is 2.38. The average Bonchev–Trinajstić information content (AvgIpc) is 2.65. The first-order chi connectivity index (χ1) is 7.54. The summed E-state index contributed by atoms with van der Waals surface area (Å²) in [5.74, 6) is 0.430. The lowest BCUT2D eigenvalue weighted by molar-refractivity contribution is -0.133. The van der Waals surface area contributed by atoms with Gasteiger partial charge in [0.25, 0.3) is 0 Å². The zero-order valence-corrected chi connectivity index (χ0v) is 11.1. The standard InChI is InChI=1S/C13H26N2O/c1-5-6-11(4)14-12-7-8-15(9-12)13(16)10(2)3/h10-12,14H,5-9H2,1-4H3. The highest BCUT2D eigenvalue weighted by Crippen LogP contribution is 2.13. The summed E-state index contributed by atoms with van der Waals surface area (Å²) < 4.78 is 0. The molecule has 1 saturated heterocycles. The molecule has 0 aromatic rings. The van der Waals surface area contributed by atoms with E-state index in [9.17, 15) is 4.79 Å².